The second kappa shape index (κ2) is 3.48. The summed E-state index contributed by atoms with van der Waals surface area (Å²) in [4.78, 5) is 13.7. The van der Waals surface area contributed by atoms with Crippen LogP contribution in [0.3, 0.4) is 0 Å². The zero-order valence-electron chi connectivity index (χ0n) is 6.03. The highest BCUT2D eigenvalue weighted by molar-refractivity contribution is 9.08. The Bertz CT molecular complexity index is 316. The van der Waals surface area contributed by atoms with Gasteiger partial charge in [0.25, 0.3) is 5.69 Å². The Labute approximate surface area is 76.9 Å². The van der Waals surface area contributed by atoms with Crippen LogP contribution in [0.2, 0.25) is 0 Å². The minimum absolute atomic E-state index is 0.0877. The number of hydrogen-bond donors (Lipinski definition) is 1. The molecular weight excluding hydrogens is 226 g/mol. The average molecular weight is 232 g/mol. The van der Waals surface area contributed by atoms with Crippen molar-refractivity contribution in [3.05, 3.63) is 28.1 Å². The van der Waals surface area contributed by atoms with E-state index in [2.05, 4.69) is 20.9 Å². The molecule has 0 aliphatic rings. The molecule has 12 heavy (non-hydrogen) atoms. The van der Waals surface area contributed by atoms with Crippen LogP contribution in [0, 0.1) is 10.1 Å². The Kier molecular flexibility index (Phi) is 2.59. The van der Waals surface area contributed by atoms with Gasteiger partial charge in [0, 0.05) is 11.4 Å². The molecule has 0 radical (unpaired) electrons. The quantitative estimate of drug-likeness (QED) is 0.475. The van der Waals surface area contributed by atoms with Crippen LogP contribution in [0.25, 0.3) is 0 Å². The van der Waals surface area contributed by atoms with E-state index in [4.69, 9.17) is 5.73 Å². The second-order valence-corrected chi connectivity index (χ2v) is 2.69. The molecule has 2 N–H and O–H groups in total. The van der Waals surface area contributed by atoms with Crippen molar-refractivity contribution >= 4 is 27.3 Å². The molecule has 0 saturated carbocycles. The zero-order chi connectivity index (χ0) is 9.14. The van der Waals surface area contributed by atoms with Crippen molar-refractivity contribution in [1.29, 1.82) is 0 Å². The fourth-order valence-corrected chi connectivity index (χ4v) is 1.03. The van der Waals surface area contributed by atoms with Crippen LogP contribution >= 0.6 is 15.9 Å². The molecule has 0 amide bonds. The van der Waals surface area contributed by atoms with Crippen LogP contribution in [0.15, 0.2) is 12.3 Å². The van der Waals surface area contributed by atoms with Crippen LogP contribution in [0.1, 0.15) is 5.69 Å². The molecule has 64 valence electrons. The van der Waals surface area contributed by atoms with E-state index >= 15 is 0 Å². The largest absolute Gasteiger partial charge is 0.392 e. The van der Waals surface area contributed by atoms with Crippen molar-refractivity contribution in [2.24, 2.45) is 0 Å². The first-order chi connectivity index (χ1) is 5.65. The lowest BCUT2D eigenvalue weighted by molar-refractivity contribution is -0.384. The fourth-order valence-electron chi connectivity index (χ4n) is 0.728. The molecule has 0 unspecified atom stereocenters. The van der Waals surface area contributed by atoms with Gasteiger partial charge in [-0.2, -0.15) is 0 Å². The molecule has 0 spiro atoms. The Morgan fingerprint density at radius 3 is 2.92 bits per heavy atom. The first kappa shape index (κ1) is 8.92. The third-order valence-corrected chi connectivity index (χ3v) is 1.88. The van der Waals surface area contributed by atoms with Gasteiger partial charge >= 0.3 is 0 Å². The SMILES string of the molecule is Nc1cnc(CBr)cc1[N+](=O)[O-]. The van der Waals surface area contributed by atoms with Crippen molar-refractivity contribution in [3.63, 3.8) is 0 Å². The highest BCUT2D eigenvalue weighted by atomic mass is 79.9. The van der Waals surface area contributed by atoms with Gasteiger partial charge in [0.05, 0.1) is 16.8 Å². The van der Waals surface area contributed by atoms with E-state index in [1.165, 1.54) is 12.3 Å². The number of aromatic nitrogens is 1. The van der Waals surface area contributed by atoms with E-state index in [1.54, 1.807) is 0 Å². The Morgan fingerprint density at radius 2 is 2.42 bits per heavy atom. The summed E-state index contributed by atoms with van der Waals surface area (Å²) in [6, 6.07) is 1.35. The van der Waals surface area contributed by atoms with Crippen molar-refractivity contribution < 1.29 is 4.92 Å². The molecule has 0 atom stereocenters. The number of nitro groups is 1. The highest BCUT2D eigenvalue weighted by Crippen LogP contribution is 2.21. The second-order valence-electron chi connectivity index (χ2n) is 2.13. The molecule has 0 bridgehead atoms. The maximum absolute atomic E-state index is 10.4. The van der Waals surface area contributed by atoms with Crippen molar-refractivity contribution in [2.75, 3.05) is 5.73 Å². The molecule has 0 aromatic carbocycles. The first-order valence-electron chi connectivity index (χ1n) is 3.10. The predicted octanol–water partition coefficient (Wildman–Crippen LogP) is 1.47. The number of halogens is 1. The summed E-state index contributed by atoms with van der Waals surface area (Å²) < 4.78 is 0. The van der Waals surface area contributed by atoms with Gasteiger partial charge in [0.1, 0.15) is 5.69 Å². The molecule has 0 fully saturated rings. The molecule has 1 heterocycles. The Balaban J connectivity index is 3.17. The van der Waals surface area contributed by atoms with E-state index in [0.717, 1.165) is 0 Å². The Morgan fingerprint density at radius 1 is 1.75 bits per heavy atom. The average Bonchev–Trinajstić information content (AvgIpc) is 2.05. The summed E-state index contributed by atoms with van der Waals surface area (Å²) in [5.41, 5.74) is 5.91. The normalized spacial score (nSPS) is 9.75. The predicted molar refractivity (Wildman–Crippen MR) is 47.9 cm³/mol. The van der Waals surface area contributed by atoms with E-state index in [1.807, 2.05) is 0 Å². The van der Waals surface area contributed by atoms with Crippen LogP contribution in [-0.2, 0) is 5.33 Å². The molecule has 1 rings (SSSR count). The van der Waals surface area contributed by atoms with Gasteiger partial charge in [-0.15, -0.1) is 0 Å². The van der Waals surface area contributed by atoms with Gasteiger partial charge in [0.2, 0.25) is 0 Å². The monoisotopic (exact) mass is 231 g/mol. The summed E-state index contributed by atoms with van der Waals surface area (Å²) in [5.74, 6) is 0. The van der Waals surface area contributed by atoms with Gasteiger partial charge in [0.15, 0.2) is 0 Å². The molecule has 6 heteroatoms. The van der Waals surface area contributed by atoms with Crippen molar-refractivity contribution in [2.45, 2.75) is 5.33 Å². The van der Waals surface area contributed by atoms with E-state index in [9.17, 15) is 10.1 Å². The topological polar surface area (TPSA) is 82.0 Å². The summed E-state index contributed by atoms with van der Waals surface area (Å²) in [6.45, 7) is 0. The number of nitrogen functional groups attached to an aromatic ring is 1. The zero-order valence-corrected chi connectivity index (χ0v) is 7.61. The minimum Gasteiger partial charge on any atom is -0.392 e. The van der Waals surface area contributed by atoms with Crippen molar-refractivity contribution in [1.82, 2.24) is 4.98 Å². The van der Waals surface area contributed by atoms with Crippen LogP contribution < -0.4 is 5.73 Å². The number of pyridine rings is 1. The summed E-state index contributed by atoms with van der Waals surface area (Å²) in [7, 11) is 0. The summed E-state index contributed by atoms with van der Waals surface area (Å²) in [5, 5.41) is 10.9. The van der Waals surface area contributed by atoms with E-state index < -0.39 is 4.92 Å². The van der Waals surface area contributed by atoms with Crippen LogP contribution in [-0.4, -0.2) is 9.91 Å². The van der Waals surface area contributed by atoms with Crippen LogP contribution in [0.5, 0.6) is 0 Å². The molecule has 0 aliphatic heterocycles. The van der Waals surface area contributed by atoms with Gasteiger partial charge in [-0.25, -0.2) is 0 Å². The number of hydrogen-bond acceptors (Lipinski definition) is 4. The molecule has 0 aliphatic carbocycles. The molecular formula is C6H6BrN3O2. The van der Waals surface area contributed by atoms with Gasteiger partial charge in [-0.05, 0) is 0 Å². The number of anilines is 1. The smallest absolute Gasteiger partial charge is 0.295 e. The maximum Gasteiger partial charge on any atom is 0.295 e. The van der Waals surface area contributed by atoms with Crippen molar-refractivity contribution in [3.8, 4) is 0 Å². The third kappa shape index (κ3) is 1.70. The van der Waals surface area contributed by atoms with Crippen LogP contribution in [0.4, 0.5) is 11.4 Å². The summed E-state index contributed by atoms with van der Waals surface area (Å²) in [6.07, 6.45) is 1.29. The highest BCUT2D eigenvalue weighted by Gasteiger charge is 2.11. The third-order valence-electron chi connectivity index (χ3n) is 1.30. The maximum atomic E-state index is 10.4. The summed E-state index contributed by atoms with van der Waals surface area (Å²) >= 11 is 3.14. The van der Waals surface area contributed by atoms with Gasteiger partial charge in [-0.1, -0.05) is 15.9 Å². The Hall–Kier alpha value is -1.17. The molecule has 1 aromatic heterocycles. The number of alkyl halides is 1. The fraction of sp³-hybridized carbons (Fsp3) is 0.167. The number of nitrogens with two attached hydrogens (primary N) is 1. The standard InChI is InChI=1S/C6H6BrN3O2/c7-2-4-1-6(10(11)12)5(8)3-9-4/h1,3H,2,8H2. The number of rotatable bonds is 2. The molecule has 5 nitrogen and oxygen atoms in total. The van der Waals surface area contributed by atoms with Gasteiger partial charge < -0.3 is 5.73 Å². The van der Waals surface area contributed by atoms with Gasteiger partial charge in [-0.3, -0.25) is 15.1 Å². The lowest BCUT2D eigenvalue weighted by atomic mass is 10.3. The lowest BCUT2D eigenvalue weighted by Crippen LogP contribution is -1.98. The molecule has 1 aromatic rings. The minimum atomic E-state index is -0.525. The lowest BCUT2D eigenvalue weighted by Gasteiger charge is -1.97. The molecule has 0 saturated heterocycles. The first-order valence-corrected chi connectivity index (χ1v) is 4.22. The van der Waals surface area contributed by atoms with E-state index in [-0.39, 0.29) is 11.4 Å². The van der Waals surface area contributed by atoms with E-state index in [0.29, 0.717) is 11.0 Å². The number of nitrogens with zero attached hydrogens (tertiary/aromatic N) is 2.